The Morgan fingerprint density at radius 2 is 2.12 bits per heavy atom. The maximum Gasteiger partial charge on any atom is 0.124 e. The van der Waals surface area contributed by atoms with Crippen molar-refractivity contribution in [3.63, 3.8) is 0 Å². The highest BCUT2D eigenvalue weighted by Gasteiger charge is 1.98. The van der Waals surface area contributed by atoms with Crippen molar-refractivity contribution in [3.8, 4) is 0 Å². The second-order valence-electron chi connectivity index (χ2n) is 3.33. The lowest BCUT2D eigenvalue weighted by atomic mass is 10.1. The van der Waals surface area contributed by atoms with E-state index in [0.29, 0.717) is 10.6 Å². The molecule has 0 spiro atoms. The maximum atomic E-state index is 9.84. The number of rotatable bonds is 2. The quantitative estimate of drug-likeness (QED) is 0.798. The van der Waals surface area contributed by atoms with Crippen LogP contribution in [-0.4, -0.2) is 10.1 Å². The minimum atomic E-state index is 0.176. The van der Waals surface area contributed by atoms with E-state index in [1.165, 1.54) is 0 Å². The van der Waals surface area contributed by atoms with Gasteiger partial charge in [0, 0.05) is 23.0 Å². The normalized spacial score (nSPS) is 11.4. The summed E-state index contributed by atoms with van der Waals surface area (Å²) >= 11 is 5.85. The third kappa shape index (κ3) is 2.61. The van der Waals surface area contributed by atoms with Crippen LogP contribution in [0.5, 0.6) is 0 Å². The Balaban J connectivity index is 2.32. The molecule has 1 heterocycles. The van der Waals surface area contributed by atoms with Gasteiger partial charge < -0.3 is 5.11 Å². The van der Waals surface area contributed by atoms with Crippen molar-refractivity contribution in [2.45, 2.75) is 0 Å². The van der Waals surface area contributed by atoms with Gasteiger partial charge in [0.05, 0.1) is 0 Å². The first-order chi connectivity index (χ1) is 7.75. The summed E-state index contributed by atoms with van der Waals surface area (Å²) in [5.74, 6) is 0.176. The fourth-order valence-electron chi connectivity index (χ4n) is 1.35. The number of benzene rings is 1. The molecule has 2 rings (SSSR count). The van der Waals surface area contributed by atoms with E-state index in [9.17, 15) is 5.11 Å². The number of aliphatic hydroxyl groups is 1. The van der Waals surface area contributed by atoms with E-state index in [2.05, 4.69) is 4.98 Å². The molecule has 0 unspecified atom stereocenters. The molecule has 0 aliphatic carbocycles. The van der Waals surface area contributed by atoms with Crippen LogP contribution in [0, 0.1) is 0 Å². The van der Waals surface area contributed by atoms with Gasteiger partial charge in [-0.2, -0.15) is 0 Å². The van der Waals surface area contributed by atoms with Crippen LogP contribution < -0.4 is 0 Å². The van der Waals surface area contributed by atoms with Crippen LogP contribution in [0.15, 0.2) is 48.8 Å². The number of halogens is 1. The highest BCUT2D eigenvalue weighted by molar-refractivity contribution is 6.30. The molecule has 0 aliphatic rings. The molecular weight excluding hydrogens is 222 g/mol. The Morgan fingerprint density at radius 3 is 2.81 bits per heavy atom. The third-order valence-electron chi connectivity index (χ3n) is 2.11. The van der Waals surface area contributed by atoms with Crippen LogP contribution in [0.4, 0.5) is 0 Å². The molecule has 80 valence electrons. The molecule has 2 nitrogen and oxygen atoms in total. The minimum Gasteiger partial charge on any atom is -0.507 e. The van der Waals surface area contributed by atoms with Crippen LogP contribution in [-0.2, 0) is 0 Å². The molecule has 0 saturated carbocycles. The predicted octanol–water partition coefficient (Wildman–Crippen LogP) is 3.79. The molecule has 0 fully saturated rings. The van der Waals surface area contributed by atoms with E-state index < -0.39 is 0 Å². The van der Waals surface area contributed by atoms with Crippen LogP contribution in [0.3, 0.4) is 0 Å². The lowest BCUT2D eigenvalue weighted by Crippen LogP contribution is -1.83. The largest absolute Gasteiger partial charge is 0.507 e. The molecule has 0 atom stereocenters. The molecule has 0 amide bonds. The Morgan fingerprint density at radius 1 is 1.25 bits per heavy atom. The molecule has 1 N–H and O–H groups in total. The summed E-state index contributed by atoms with van der Waals surface area (Å²) in [7, 11) is 0. The van der Waals surface area contributed by atoms with Crippen LogP contribution in [0.1, 0.15) is 11.1 Å². The fraction of sp³-hybridized carbons (Fsp3) is 0. The SMILES string of the molecule is OC(=Cc1cccc(Cl)c1)c1cccnc1. The third-order valence-corrected chi connectivity index (χ3v) is 2.34. The van der Waals surface area contributed by atoms with E-state index in [0.717, 1.165) is 5.56 Å². The smallest absolute Gasteiger partial charge is 0.124 e. The number of nitrogens with zero attached hydrogens (tertiary/aromatic N) is 1. The van der Waals surface area contributed by atoms with Crippen molar-refractivity contribution in [2.24, 2.45) is 0 Å². The molecule has 0 bridgehead atoms. The number of aliphatic hydroxyl groups excluding tert-OH is 1. The lowest BCUT2D eigenvalue weighted by Gasteiger charge is -2.00. The molecular formula is C13H10ClNO. The van der Waals surface area contributed by atoms with E-state index in [1.54, 1.807) is 42.7 Å². The molecule has 0 radical (unpaired) electrons. The monoisotopic (exact) mass is 231 g/mol. The molecule has 0 saturated heterocycles. The van der Waals surface area contributed by atoms with Gasteiger partial charge in [-0.15, -0.1) is 0 Å². The van der Waals surface area contributed by atoms with Crippen molar-refractivity contribution >= 4 is 23.4 Å². The zero-order valence-corrected chi connectivity index (χ0v) is 9.22. The molecule has 16 heavy (non-hydrogen) atoms. The van der Waals surface area contributed by atoms with Crippen LogP contribution >= 0.6 is 11.6 Å². The number of aromatic nitrogens is 1. The Labute approximate surface area is 98.8 Å². The Kier molecular flexibility index (Phi) is 3.22. The zero-order chi connectivity index (χ0) is 11.4. The van der Waals surface area contributed by atoms with Crippen molar-refractivity contribution in [1.29, 1.82) is 0 Å². The Bertz CT molecular complexity index is 508. The second-order valence-corrected chi connectivity index (χ2v) is 3.76. The van der Waals surface area contributed by atoms with Crippen LogP contribution in [0.25, 0.3) is 11.8 Å². The molecule has 1 aromatic carbocycles. The van der Waals surface area contributed by atoms with E-state index in [1.807, 2.05) is 12.1 Å². The van der Waals surface area contributed by atoms with E-state index >= 15 is 0 Å². The topological polar surface area (TPSA) is 33.1 Å². The number of pyridine rings is 1. The van der Waals surface area contributed by atoms with Gasteiger partial charge in [0.15, 0.2) is 0 Å². The first-order valence-electron chi connectivity index (χ1n) is 4.82. The van der Waals surface area contributed by atoms with Gasteiger partial charge in [0.25, 0.3) is 0 Å². The lowest BCUT2D eigenvalue weighted by molar-refractivity contribution is 0.515. The molecule has 1 aromatic heterocycles. The Hall–Kier alpha value is -1.80. The minimum absolute atomic E-state index is 0.176. The summed E-state index contributed by atoms with van der Waals surface area (Å²) in [5, 5.41) is 10.5. The first kappa shape index (κ1) is 10.7. The summed E-state index contributed by atoms with van der Waals surface area (Å²) < 4.78 is 0. The fourth-order valence-corrected chi connectivity index (χ4v) is 1.55. The highest BCUT2D eigenvalue weighted by atomic mass is 35.5. The van der Waals surface area contributed by atoms with Gasteiger partial charge in [-0.05, 0) is 35.9 Å². The summed E-state index contributed by atoms with van der Waals surface area (Å²) in [4.78, 5) is 3.94. The zero-order valence-electron chi connectivity index (χ0n) is 8.47. The van der Waals surface area contributed by atoms with E-state index in [4.69, 9.17) is 11.6 Å². The van der Waals surface area contributed by atoms with Gasteiger partial charge in [0.2, 0.25) is 0 Å². The summed E-state index contributed by atoms with van der Waals surface area (Å²) in [5.41, 5.74) is 1.54. The highest BCUT2D eigenvalue weighted by Crippen LogP contribution is 2.17. The summed E-state index contributed by atoms with van der Waals surface area (Å²) in [6.45, 7) is 0. The molecule has 0 aliphatic heterocycles. The summed E-state index contributed by atoms with van der Waals surface area (Å²) in [6.07, 6.45) is 4.93. The van der Waals surface area contributed by atoms with Crippen LogP contribution in [0.2, 0.25) is 5.02 Å². The van der Waals surface area contributed by atoms with Gasteiger partial charge in [-0.3, -0.25) is 4.98 Å². The van der Waals surface area contributed by atoms with E-state index in [-0.39, 0.29) is 5.76 Å². The average Bonchev–Trinajstić information content (AvgIpc) is 2.30. The first-order valence-corrected chi connectivity index (χ1v) is 5.20. The summed E-state index contributed by atoms with van der Waals surface area (Å²) in [6, 6.07) is 10.9. The predicted molar refractivity (Wildman–Crippen MR) is 66.2 cm³/mol. The van der Waals surface area contributed by atoms with Gasteiger partial charge >= 0.3 is 0 Å². The van der Waals surface area contributed by atoms with Crippen molar-refractivity contribution in [2.75, 3.05) is 0 Å². The van der Waals surface area contributed by atoms with Crippen molar-refractivity contribution in [3.05, 3.63) is 64.9 Å². The number of hydrogen-bond acceptors (Lipinski definition) is 2. The van der Waals surface area contributed by atoms with Gasteiger partial charge in [0.1, 0.15) is 5.76 Å². The molecule has 2 aromatic rings. The second kappa shape index (κ2) is 4.81. The number of hydrogen-bond donors (Lipinski definition) is 1. The standard InChI is InChI=1S/C13H10ClNO/c14-12-5-1-3-10(7-12)8-13(16)11-4-2-6-15-9-11/h1-9,16H. The van der Waals surface area contributed by atoms with Crippen molar-refractivity contribution < 1.29 is 5.11 Å². The van der Waals surface area contributed by atoms with Gasteiger partial charge in [-0.25, -0.2) is 0 Å². The average molecular weight is 232 g/mol. The van der Waals surface area contributed by atoms with Crippen molar-refractivity contribution in [1.82, 2.24) is 4.98 Å². The molecule has 3 heteroatoms. The van der Waals surface area contributed by atoms with Gasteiger partial charge in [-0.1, -0.05) is 23.7 Å². The maximum absolute atomic E-state index is 9.84.